The van der Waals surface area contributed by atoms with Crippen molar-refractivity contribution in [2.45, 2.75) is 18.6 Å². The predicted molar refractivity (Wildman–Crippen MR) is 127 cm³/mol. The molecule has 0 spiro atoms. The minimum atomic E-state index is -0.527. The van der Waals surface area contributed by atoms with Crippen molar-refractivity contribution in [1.29, 1.82) is 0 Å². The number of hydrogen-bond acceptors (Lipinski definition) is 8. The highest BCUT2D eigenvalue weighted by molar-refractivity contribution is 6.05. The van der Waals surface area contributed by atoms with E-state index in [9.17, 15) is 19.7 Å². The SMILES string of the molecule is CN1CCc2cc3c(cc2C1C1OC(=O)c2cc(NC(=O)c4ccc([N+](=O)[O-])cc4)ccc21)OCO3. The third-order valence-electron chi connectivity index (χ3n) is 6.86. The number of cyclic esters (lactones) is 1. The van der Waals surface area contributed by atoms with Crippen molar-refractivity contribution in [1.82, 2.24) is 4.90 Å². The first-order valence-corrected chi connectivity index (χ1v) is 11.4. The Balaban J connectivity index is 1.28. The van der Waals surface area contributed by atoms with Gasteiger partial charge < -0.3 is 19.5 Å². The quantitative estimate of drug-likeness (QED) is 0.333. The number of likely N-dealkylation sites (N-methyl/N-ethyl adjacent to an activating group) is 1. The minimum absolute atomic E-state index is 0.101. The molecule has 10 heteroatoms. The predicted octanol–water partition coefficient (Wildman–Crippen LogP) is 4.02. The van der Waals surface area contributed by atoms with Gasteiger partial charge in [-0.25, -0.2) is 4.79 Å². The molecule has 1 N–H and O–H groups in total. The molecule has 36 heavy (non-hydrogen) atoms. The fraction of sp³-hybridized carbons (Fsp3) is 0.231. The van der Waals surface area contributed by atoms with Gasteiger partial charge in [0.05, 0.1) is 16.5 Å². The van der Waals surface area contributed by atoms with E-state index >= 15 is 0 Å². The summed E-state index contributed by atoms with van der Waals surface area (Å²) in [5.74, 6) is 0.518. The minimum Gasteiger partial charge on any atom is -0.454 e. The molecule has 0 bridgehead atoms. The molecule has 3 aliphatic heterocycles. The van der Waals surface area contributed by atoms with E-state index in [-0.39, 0.29) is 24.1 Å². The molecular formula is C26H21N3O7. The molecule has 0 aromatic heterocycles. The van der Waals surface area contributed by atoms with Gasteiger partial charge in [-0.1, -0.05) is 6.07 Å². The largest absolute Gasteiger partial charge is 0.454 e. The number of carbonyl (C=O) groups excluding carboxylic acids is 2. The zero-order valence-electron chi connectivity index (χ0n) is 19.2. The molecule has 2 unspecified atom stereocenters. The Morgan fingerprint density at radius 2 is 1.81 bits per heavy atom. The second kappa shape index (κ2) is 8.35. The Bertz CT molecular complexity index is 1420. The Morgan fingerprint density at radius 3 is 2.56 bits per heavy atom. The van der Waals surface area contributed by atoms with E-state index < -0.39 is 22.9 Å². The van der Waals surface area contributed by atoms with Crippen LogP contribution in [0.1, 0.15) is 49.6 Å². The third kappa shape index (κ3) is 3.62. The Hall–Kier alpha value is -4.44. The summed E-state index contributed by atoms with van der Waals surface area (Å²) in [4.78, 5) is 38.0. The number of hydrogen-bond donors (Lipinski definition) is 1. The fourth-order valence-corrected chi connectivity index (χ4v) is 5.03. The Labute approximate surface area is 205 Å². The molecule has 0 saturated carbocycles. The van der Waals surface area contributed by atoms with Crippen LogP contribution in [0.5, 0.6) is 11.5 Å². The van der Waals surface area contributed by atoms with E-state index in [0.717, 1.165) is 35.4 Å². The number of ether oxygens (including phenoxy) is 3. The molecule has 3 aromatic carbocycles. The van der Waals surface area contributed by atoms with Crippen molar-refractivity contribution in [3.8, 4) is 11.5 Å². The molecule has 10 nitrogen and oxygen atoms in total. The van der Waals surface area contributed by atoms with Crippen LogP contribution in [0.2, 0.25) is 0 Å². The van der Waals surface area contributed by atoms with Crippen LogP contribution in [-0.2, 0) is 11.2 Å². The van der Waals surface area contributed by atoms with Crippen molar-refractivity contribution < 1.29 is 28.7 Å². The number of amides is 1. The first-order valence-electron chi connectivity index (χ1n) is 11.4. The van der Waals surface area contributed by atoms with E-state index in [0.29, 0.717) is 17.0 Å². The summed E-state index contributed by atoms with van der Waals surface area (Å²) in [5, 5.41) is 13.6. The standard InChI is InChI=1S/C26H21N3O7/c1-28-9-8-15-10-21-22(35-13-34-21)12-19(15)23(28)24-18-7-4-16(11-20(18)26(31)36-24)27-25(30)14-2-5-17(6-3-14)29(32)33/h2-7,10-12,23-24H,8-9,13H2,1H3,(H,27,30). The van der Waals surface area contributed by atoms with Gasteiger partial charge in [0.2, 0.25) is 6.79 Å². The van der Waals surface area contributed by atoms with E-state index in [1.165, 1.54) is 24.3 Å². The van der Waals surface area contributed by atoms with Crippen molar-refractivity contribution in [2.75, 3.05) is 25.7 Å². The first-order chi connectivity index (χ1) is 17.4. The molecule has 3 aliphatic rings. The number of rotatable bonds is 4. The number of nitrogens with one attached hydrogen (secondary N) is 1. The number of nitro groups is 1. The number of esters is 1. The second-order valence-electron chi connectivity index (χ2n) is 8.97. The lowest BCUT2D eigenvalue weighted by Crippen LogP contribution is -2.36. The maximum absolute atomic E-state index is 12.9. The summed E-state index contributed by atoms with van der Waals surface area (Å²) in [6.45, 7) is 0.985. The number of carbonyl (C=O) groups is 2. The summed E-state index contributed by atoms with van der Waals surface area (Å²) >= 11 is 0. The second-order valence-corrected chi connectivity index (χ2v) is 8.97. The summed E-state index contributed by atoms with van der Waals surface area (Å²) in [6.07, 6.45) is 0.330. The van der Waals surface area contributed by atoms with Crippen LogP contribution in [0.4, 0.5) is 11.4 Å². The van der Waals surface area contributed by atoms with Gasteiger partial charge in [0.15, 0.2) is 11.5 Å². The number of non-ortho nitro benzene ring substituents is 1. The number of benzene rings is 3. The molecule has 0 radical (unpaired) electrons. The smallest absolute Gasteiger partial charge is 0.339 e. The number of nitrogens with zero attached hydrogens (tertiary/aromatic N) is 2. The molecule has 0 saturated heterocycles. The van der Waals surface area contributed by atoms with Crippen LogP contribution in [0.3, 0.4) is 0 Å². The van der Waals surface area contributed by atoms with Crippen molar-refractivity contribution in [3.05, 3.63) is 92.5 Å². The van der Waals surface area contributed by atoms with Crippen LogP contribution in [0, 0.1) is 10.1 Å². The van der Waals surface area contributed by atoms with Crippen LogP contribution < -0.4 is 14.8 Å². The summed E-state index contributed by atoms with van der Waals surface area (Å²) in [6, 6.07) is 14.2. The van der Waals surface area contributed by atoms with E-state index in [2.05, 4.69) is 10.2 Å². The average molecular weight is 487 g/mol. The van der Waals surface area contributed by atoms with Crippen LogP contribution >= 0.6 is 0 Å². The van der Waals surface area contributed by atoms with E-state index in [4.69, 9.17) is 14.2 Å². The lowest BCUT2D eigenvalue weighted by molar-refractivity contribution is -0.384. The molecular weight excluding hydrogens is 466 g/mol. The summed E-state index contributed by atoms with van der Waals surface area (Å²) < 4.78 is 17.0. The lowest BCUT2D eigenvalue weighted by atomic mass is 9.86. The van der Waals surface area contributed by atoms with E-state index in [1.54, 1.807) is 18.2 Å². The summed E-state index contributed by atoms with van der Waals surface area (Å²) in [5.41, 5.74) is 3.90. The Kier molecular flexibility index (Phi) is 5.11. The molecule has 3 heterocycles. The molecule has 2 atom stereocenters. The maximum atomic E-state index is 12.9. The van der Waals surface area contributed by atoms with Crippen LogP contribution in [0.25, 0.3) is 0 Å². The van der Waals surface area contributed by atoms with Gasteiger partial charge in [0.25, 0.3) is 11.6 Å². The fourth-order valence-electron chi connectivity index (χ4n) is 5.03. The number of fused-ring (bicyclic) bond motifs is 3. The Morgan fingerprint density at radius 1 is 1.06 bits per heavy atom. The highest BCUT2D eigenvalue weighted by atomic mass is 16.7. The highest BCUT2D eigenvalue weighted by Crippen LogP contribution is 2.48. The molecule has 1 amide bonds. The molecule has 0 fully saturated rings. The molecule has 0 aliphatic carbocycles. The van der Waals surface area contributed by atoms with Crippen LogP contribution in [0.15, 0.2) is 54.6 Å². The van der Waals surface area contributed by atoms with Gasteiger partial charge >= 0.3 is 5.97 Å². The zero-order chi connectivity index (χ0) is 25.0. The monoisotopic (exact) mass is 487 g/mol. The van der Waals surface area contributed by atoms with Gasteiger partial charge in [-0.3, -0.25) is 19.8 Å². The maximum Gasteiger partial charge on any atom is 0.339 e. The highest BCUT2D eigenvalue weighted by Gasteiger charge is 2.42. The van der Waals surface area contributed by atoms with Gasteiger partial charge in [0.1, 0.15) is 6.10 Å². The topological polar surface area (TPSA) is 120 Å². The summed E-state index contributed by atoms with van der Waals surface area (Å²) in [7, 11) is 2.00. The molecule has 3 aromatic rings. The van der Waals surface area contributed by atoms with E-state index in [1.807, 2.05) is 19.2 Å². The van der Waals surface area contributed by atoms with Crippen molar-refractivity contribution in [3.63, 3.8) is 0 Å². The van der Waals surface area contributed by atoms with Gasteiger partial charge in [-0.15, -0.1) is 0 Å². The normalized spacial score (nSPS) is 19.9. The van der Waals surface area contributed by atoms with Gasteiger partial charge in [0, 0.05) is 35.5 Å². The van der Waals surface area contributed by atoms with Crippen LogP contribution in [-0.4, -0.2) is 42.1 Å². The van der Waals surface area contributed by atoms with Crippen molar-refractivity contribution in [2.24, 2.45) is 0 Å². The number of anilines is 1. The third-order valence-corrected chi connectivity index (χ3v) is 6.86. The van der Waals surface area contributed by atoms with Gasteiger partial charge in [-0.05, 0) is 61.0 Å². The zero-order valence-corrected chi connectivity index (χ0v) is 19.2. The molecule has 6 rings (SSSR count). The molecule has 182 valence electrons. The number of nitro benzene ring substituents is 1. The van der Waals surface area contributed by atoms with Crippen molar-refractivity contribution >= 4 is 23.3 Å². The van der Waals surface area contributed by atoms with Gasteiger partial charge in [-0.2, -0.15) is 0 Å². The lowest BCUT2D eigenvalue weighted by Gasteiger charge is -2.37. The first kappa shape index (κ1) is 22.1. The average Bonchev–Trinajstić information content (AvgIpc) is 3.46.